The van der Waals surface area contributed by atoms with Crippen LogP contribution in [0.2, 0.25) is 0 Å². The summed E-state index contributed by atoms with van der Waals surface area (Å²) in [6, 6.07) is 0. The molecular weight excluding hydrogens is 312 g/mol. The summed E-state index contributed by atoms with van der Waals surface area (Å²) >= 11 is 1.84. The number of carboxylic acids is 2. The number of allylic oxidation sites excluding steroid dienone is 3. The Kier molecular flexibility index (Phi) is 10.3. The van der Waals surface area contributed by atoms with Crippen LogP contribution in [-0.4, -0.2) is 43.9 Å². The fraction of sp³-hybridized carbons (Fsp3) is 0.333. The van der Waals surface area contributed by atoms with Crippen LogP contribution >= 0.6 is 0 Å². The van der Waals surface area contributed by atoms with E-state index in [1.165, 1.54) is 25.2 Å². The number of hydrogen-bond acceptors (Lipinski definition) is 2. The maximum absolute atomic E-state index is 10.8. The number of rotatable bonds is 2. The first kappa shape index (κ1) is 19.7. The van der Waals surface area contributed by atoms with Crippen molar-refractivity contribution in [1.29, 1.82) is 0 Å². The van der Waals surface area contributed by atoms with Gasteiger partial charge in [0.2, 0.25) is 0 Å². The van der Waals surface area contributed by atoms with Crippen molar-refractivity contribution in [3.8, 4) is 0 Å². The molecule has 0 heterocycles. The van der Waals surface area contributed by atoms with Gasteiger partial charge in [-0.2, -0.15) is 0 Å². The molecule has 0 saturated carbocycles. The molecule has 1 rings (SSSR count). The second-order valence-electron chi connectivity index (χ2n) is 3.82. The number of halogens is 1. The number of carboxylic acid groups (broad SMARTS) is 2. The molecule has 96 valence electrons. The molecule has 1 unspecified atom stereocenters. The molecule has 0 saturated heterocycles. The van der Waals surface area contributed by atoms with Crippen LogP contribution < -0.4 is 17.0 Å². The zero-order valence-electron chi connectivity index (χ0n) is 10.4. The average Bonchev–Trinajstić information content (AvgIpc) is 2.29. The van der Waals surface area contributed by atoms with E-state index in [2.05, 4.69) is 0 Å². The van der Waals surface area contributed by atoms with Crippen LogP contribution in [0.1, 0.15) is 20.3 Å². The van der Waals surface area contributed by atoms with Crippen molar-refractivity contribution in [3.63, 3.8) is 0 Å². The summed E-state index contributed by atoms with van der Waals surface area (Å²) in [6.45, 7) is 3.51. The Bertz CT molecular complexity index is 384. The number of aliphatic carboxylic acids is 2. The molecule has 0 aromatic rings. The predicted octanol–water partition coefficient (Wildman–Crippen LogP) is -1.26. The molecular formula is C12H15BrMgO4. The first-order valence-electron chi connectivity index (χ1n) is 5.13. The van der Waals surface area contributed by atoms with E-state index in [4.69, 9.17) is 10.2 Å². The molecule has 2 N–H and O–H groups in total. The summed E-state index contributed by atoms with van der Waals surface area (Å²) in [6.07, 6.45) is 6.45. The summed E-state index contributed by atoms with van der Waals surface area (Å²) < 4.78 is 2.03. The third-order valence-corrected chi connectivity index (χ3v) is 2.79. The molecule has 0 radical (unpaired) electrons. The minimum Gasteiger partial charge on any atom is -1.00 e. The minimum atomic E-state index is -1.08. The van der Waals surface area contributed by atoms with Gasteiger partial charge in [0.25, 0.3) is 0 Å². The Balaban J connectivity index is 0. The van der Waals surface area contributed by atoms with E-state index in [0.29, 0.717) is 0 Å². The zero-order chi connectivity index (χ0) is 13.5. The topological polar surface area (TPSA) is 74.6 Å². The summed E-state index contributed by atoms with van der Waals surface area (Å²) in [5, 5.41) is 17.5. The van der Waals surface area contributed by atoms with E-state index >= 15 is 0 Å². The monoisotopic (exact) mass is 326 g/mol. The van der Waals surface area contributed by atoms with Gasteiger partial charge in [0, 0.05) is 5.57 Å². The van der Waals surface area contributed by atoms with Crippen molar-refractivity contribution in [2.24, 2.45) is 5.41 Å². The standard InChI is InChI=1S/C9H10O4.C3H5.BrH.Mg/c1-9(8(12)13)4-2-3-6(5-9)7(10)11;1-3-2;;/h2-4H,5H2,1H3,(H,10,11)(H,12,13);1,3H,2H3;1H;/q;;;+1/p-1. The van der Waals surface area contributed by atoms with Gasteiger partial charge in [-0.1, -0.05) is 18.2 Å². The van der Waals surface area contributed by atoms with Gasteiger partial charge in [-0.3, -0.25) is 4.79 Å². The molecule has 0 aromatic carbocycles. The first-order chi connectivity index (χ1) is 7.87. The zero-order valence-corrected chi connectivity index (χ0v) is 13.4. The maximum Gasteiger partial charge on any atom is -1.00 e. The van der Waals surface area contributed by atoms with Crippen LogP contribution in [0.4, 0.5) is 0 Å². The van der Waals surface area contributed by atoms with Crippen LogP contribution in [-0.2, 0) is 9.59 Å². The van der Waals surface area contributed by atoms with Gasteiger partial charge in [0.15, 0.2) is 0 Å². The van der Waals surface area contributed by atoms with Crippen molar-refractivity contribution in [3.05, 3.63) is 34.1 Å². The van der Waals surface area contributed by atoms with Crippen LogP contribution in [0.15, 0.2) is 34.1 Å². The van der Waals surface area contributed by atoms with E-state index in [9.17, 15) is 9.59 Å². The van der Waals surface area contributed by atoms with E-state index in [1.54, 1.807) is 0 Å². The quantitative estimate of drug-likeness (QED) is 0.621. The van der Waals surface area contributed by atoms with Crippen molar-refractivity contribution in [1.82, 2.24) is 0 Å². The average molecular weight is 327 g/mol. The second-order valence-corrected chi connectivity index (χ2v) is 4.30. The molecule has 0 aromatic heterocycles. The van der Waals surface area contributed by atoms with Crippen LogP contribution in [0.3, 0.4) is 0 Å². The van der Waals surface area contributed by atoms with E-state index in [0.717, 1.165) is 0 Å². The van der Waals surface area contributed by atoms with Gasteiger partial charge in [0.1, 0.15) is 0 Å². The number of carbonyl (C=O) groups is 2. The van der Waals surface area contributed by atoms with Crippen LogP contribution in [0, 0.1) is 5.41 Å². The largest absolute Gasteiger partial charge is 1.00 e. The van der Waals surface area contributed by atoms with Gasteiger partial charge < -0.3 is 27.2 Å². The fourth-order valence-electron chi connectivity index (χ4n) is 1.18. The molecule has 0 bridgehead atoms. The Morgan fingerprint density at radius 2 is 1.94 bits per heavy atom. The Morgan fingerprint density at radius 3 is 2.28 bits per heavy atom. The molecule has 6 heteroatoms. The summed E-state index contributed by atoms with van der Waals surface area (Å²) in [7, 11) is 0. The first-order valence-corrected chi connectivity index (χ1v) is 5.94. The molecule has 0 aliphatic heterocycles. The maximum atomic E-state index is 10.8. The third-order valence-electron chi connectivity index (χ3n) is 2.32. The molecule has 0 fully saturated rings. The van der Waals surface area contributed by atoms with Gasteiger partial charge >= 0.3 is 50.9 Å². The van der Waals surface area contributed by atoms with Gasteiger partial charge in [-0.25, -0.2) is 4.79 Å². The van der Waals surface area contributed by atoms with Crippen molar-refractivity contribution in [2.75, 3.05) is 0 Å². The van der Waals surface area contributed by atoms with E-state index in [1.807, 2.05) is 38.9 Å². The van der Waals surface area contributed by atoms with Gasteiger partial charge in [0.05, 0.1) is 5.41 Å². The second kappa shape index (κ2) is 9.35. The van der Waals surface area contributed by atoms with Crippen molar-refractivity contribution >= 4 is 33.6 Å². The fourth-order valence-corrected chi connectivity index (χ4v) is 1.18. The van der Waals surface area contributed by atoms with Crippen LogP contribution in [0.25, 0.3) is 0 Å². The summed E-state index contributed by atoms with van der Waals surface area (Å²) in [5.74, 6) is -2.06. The molecule has 0 spiro atoms. The van der Waals surface area contributed by atoms with Gasteiger partial charge in [-0.15, -0.1) is 0 Å². The Labute approximate surface area is 130 Å². The van der Waals surface area contributed by atoms with Gasteiger partial charge in [-0.05, 0) is 13.3 Å². The van der Waals surface area contributed by atoms with Crippen LogP contribution in [0.5, 0.6) is 0 Å². The minimum absolute atomic E-state index is 0. The van der Waals surface area contributed by atoms with Crippen molar-refractivity contribution in [2.45, 2.75) is 20.3 Å². The van der Waals surface area contributed by atoms with E-state index in [-0.39, 0.29) is 29.0 Å². The Morgan fingerprint density at radius 1 is 1.44 bits per heavy atom. The molecule has 4 nitrogen and oxygen atoms in total. The third kappa shape index (κ3) is 6.37. The molecule has 18 heavy (non-hydrogen) atoms. The molecule has 1 aliphatic carbocycles. The Hall–Kier alpha value is -0.594. The smallest absolute Gasteiger partial charge is 1.00 e. The predicted molar refractivity (Wildman–Crippen MR) is 65.8 cm³/mol. The SMILES string of the molecule is CC1(C(=O)O)C=CC=C(C(=O)O)C1.CC=[CH][Mg+].[Br-]. The molecule has 1 aliphatic rings. The number of hydrogen-bond donors (Lipinski definition) is 2. The normalized spacial score (nSPS) is 21.4. The van der Waals surface area contributed by atoms with Crippen molar-refractivity contribution < 1.29 is 36.8 Å². The van der Waals surface area contributed by atoms with E-state index < -0.39 is 17.4 Å². The summed E-state index contributed by atoms with van der Waals surface area (Å²) in [5.41, 5.74) is -0.949. The summed E-state index contributed by atoms with van der Waals surface area (Å²) in [4.78, 5) is 21.3. The molecule has 1 atom stereocenters. The molecule has 0 amide bonds.